The highest BCUT2D eigenvalue weighted by Gasteiger charge is 2.38. The predicted octanol–water partition coefficient (Wildman–Crippen LogP) is 5.05. The largest absolute Gasteiger partial charge is 0.470 e. The molecule has 23 heavy (non-hydrogen) atoms. The Morgan fingerprint density at radius 3 is 2.30 bits per heavy atom. The van der Waals surface area contributed by atoms with Gasteiger partial charge in [-0.15, -0.1) is 22.0 Å². The highest BCUT2D eigenvalue weighted by Crippen LogP contribution is 2.35. The summed E-state index contributed by atoms with van der Waals surface area (Å²) in [6, 6.07) is 16.8. The summed E-state index contributed by atoms with van der Waals surface area (Å²) < 4.78 is 42.5. The summed E-state index contributed by atoms with van der Waals surface area (Å²) in [6.45, 7) is 0. The lowest BCUT2D eigenvalue weighted by atomic mass is 10.2. The monoisotopic (exact) mass is 336 g/mol. The Bertz CT molecular complexity index is 787. The van der Waals surface area contributed by atoms with Gasteiger partial charge in [0.25, 0.3) is 0 Å². The summed E-state index contributed by atoms with van der Waals surface area (Å²) in [5.41, 5.74) is 1.62. The van der Waals surface area contributed by atoms with Crippen LogP contribution in [-0.2, 0) is 11.9 Å². The molecule has 1 heterocycles. The molecule has 0 radical (unpaired) electrons. The van der Waals surface area contributed by atoms with E-state index >= 15 is 0 Å². The van der Waals surface area contributed by atoms with E-state index in [9.17, 15) is 13.2 Å². The Labute approximate surface area is 134 Å². The van der Waals surface area contributed by atoms with Gasteiger partial charge in [-0.1, -0.05) is 42.5 Å². The lowest BCUT2D eigenvalue weighted by molar-refractivity contribution is -0.156. The van der Waals surface area contributed by atoms with Gasteiger partial charge in [0.05, 0.1) is 5.56 Å². The molecule has 1 aromatic heterocycles. The summed E-state index contributed by atoms with van der Waals surface area (Å²) >= 11 is 1.50. The molecule has 118 valence electrons. The molecule has 0 atom stereocenters. The maximum atomic E-state index is 12.6. The summed E-state index contributed by atoms with van der Waals surface area (Å²) in [5.74, 6) is -0.776. The van der Waals surface area contributed by atoms with Crippen LogP contribution in [0.25, 0.3) is 11.5 Å². The van der Waals surface area contributed by atoms with Crippen LogP contribution >= 0.6 is 11.8 Å². The van der Waals surface area contributed by atoms with Crippen LogP contribution < -0.4 is 0 Å². The standard InChI is InChI=1S/C16H11F3N2OS/c17-16(18,19)15-21-20-14(22-15)12-8-4-5-9-13(12)23-10-11-6-2-1-3-7-11/h1-9H,10H2. The minimum absolute atomic E-state index is 0.131. The lowest BCUT2D eigenvalue weighted by Gasteiger charge is -2.06. The van der Waals surface area contributed by atoms with E-state index in [4.69, 9.17) is 4.42 Å². The molecule has 0 spiro atoms. The summed E-state index contributed by atoms with van der Waals surface area (Å²) in [4.78, 5) is 0.786. The molecule has 0 saturated carbocycles. The second-order valence-electron chi connectivity index (χ2n) is 4.68. The van der Waals surface area contributed by atoms with Gasteiger partial charge in [-0.3, -0.25) is 0 Å². The fraction of sp³-hybridized carbons (Fsp3) is 0.125. The molecule has 0 aliphatic heterocycles. The molecule has 0 N–H and O–H groups in total. The Morgan fingerprint density at radius 1 is 0.913 bits per heavy atom. The lowest BCUT2D eigenvalue weighted by Crippen LogP contribution is -2.04. The molecule has 0 aliphatic rings. The quantitative estimate of drug-likeness (QED) is 0.625. The SMILES string of the molecule is FC(F)(F)c1nnc(-c2ccccc2SCc2ccccc2)o1. The van der Waals surface area contributed by atoms with Gasteiger partial charge < -0.3 is 4.42 Å². The maximum Gasteiger partial charge on any atom is 0.470 e. The third-order valence-electron chi connectivity index (χ3n) is 3.02. The second-order valence-corrected chi connectivity index (χ2v) is 5.70. The van der Waals surface area contributed by atoms with Crippen molar-refractivity contribution in [2.24, 2.45) is 0 Å². The second kappa shape index (κ2) is 6.45. The first kappa shape index (κ1) is 15.6. The van der Waals surface area contributed by atoms with Gasteiger partial charge in [0.2, 0.25) is 5.89 Å². The normalized spacial score (nSPS) is 11.6. The Balaban J connectivity index is 1.85. The Kier molecular flexibility index (Phi) is 4.38. The molecule has 3 aromatic rings. The first-order valence-corrected chi connectivity index (χ1v) is 7.69. The van der Waals surface area contributed by atoms with E-state index in [0.29, 0.717) is 11.3 Å². The molecular weight excluding hydrogens is 325 g/mol. The number of hydrogen-bond donors (Lipinski definition) is 0. The number of halogens is 3. The zero-order chi connectivity index (χ0) is 16.3. The van der Waals surface area contributed by atoms with Crippen molar-refractivity contribution >= 4 is 11.8 Å². The minimum Gasteiger partial charge on any atom is -0.413 e. The van der Waals surface area contributed by atoms with Crippen molar-refractivity contribution in [3.05, 3.63) is 66.1 Å². The van der Waals surface area contributed by atoms with Gasteiger partial charge in [0.1, 0.15) is 0 Å². The number of rotatable bonds is 4. The van der Waals surface area contributed by atoms with Crippen LogP contribution in [0.2, 0.25) is 0 Å². The van der Waals surface area contributed by atoms with Crippen molar-refractivity contribution in [2.75, 3.05) is 0 Å². The molecular formula is C16H11F3N2OS. The number of thioether (sulfide) groups is 1. The average molecular weight is 336 g/mol. The van der Waals surface area contributed by atoms with E-state index in [-0.39, 0.29) is 5.89 Å². The number of benzene rings is 2. The van der Waals surface area contributed by atoms with Gasteiger partial charge >= 0.3 is 12.1 Å². The predicted molar refractivity (Wildman–Crippen MR) is 80.7 cm³/mol. The van der Waals surface area contributed by atoms with Gasteiger partial charge in [-0.05, 0) is 17.7 Å². The fourth-order valence-corrected chi connectivity index (χ4v) is 2.95. The number of hydrogen-bond acceptors (Lipinski definition) is 4. The molecule has 0 fully saturated rings. The van der Waals surface area contributed by atoms with E-state index in [1.807, 2.05) is 42.5 Å². The van der Waals surface area contributed by atoms with E-state index < -0.39 is 12.1 Å². The van der Waals surface area contributed by atoms with Crippen LogP contribution in [0.15, 0.2) is 63.9 Å². The van der Waals surface area contributed by atoms with Crippen molar-refractivity contribution in [3.8, 4) is 11.5 Å². The molecule has 0 amide bonds. The molecule has 0 saturated heterocycles. The number of nitrogens with zero attached hydrogens (tertiary/aromatic N) is 2. The average Bonchev–Trinajstić information content (AvgIpc) is 3.04. The van der Waals surface area contributed by atoms with Crippen LogP contribution in [0.4, 0.5) is 13.2 Å². The van der Waals surface area contributed by atoms with E-state index in [2.05, 4.69) is 10.2 Å². The van der Waals surface area contributed by atoms with Gasteiger partial charge in [-0.25, -0.2) is 0 Å². The summed E-state index contributed by atoms with van der Waals surface area (Å²) in [5, 5.41) is 6.59. The zero-order valence-corrected chi connectivity index (χ0v) is 12.6. The van der Waals surface area contributed by atoms with Crippen molar-refractivity contribution in [1.29, 1.82) is 0 Å². The van der Waals surface area contributed by atoms with Crippen LogP contribution in [0.3, 0.4) is 0 Å². The van der Waals surface area contributed by atoms with E-state index in [1.165, 1.54) is 11.8 Å². The highest BCUT2D eigenvalue weighted by molar-refractivity contribution is 7.98. The first-order valence-electron chi connectivity index (χ1n) is 6.71. The van der Waals surface area contributed by atoms with Gasteiger partial charge in [0.15, 0.2) is 0 Å². The molecule has 0 aliphatic carbocycles. The molecule has 0 bridgehead atoms. The molecule has 0 unspecified atom stereocenters. The molecule has 3 rings (SSSR count). The third-order valence-corrected chi connectivity index (χ3v) is 4.17. The van der Waals surface area contributed by atoms with E-state index in [0.717, 1.165) is 10.5 Å². The van der Waals surface area contributed by atoms with E-state index in [1.54, 1.807) is 12.1 Å². The maximum absolute atomic E-state index is 12.6. The number of aromatic nitrogens is 2. The first-order chi connectivity index (χ1) is 11.0. The van der Waals surface area contributed by atoms with Crippen LogP contribution in [0.1, 0.15) is 11.5 Å². The van der Waals surface area contributed by atoms with Crippen molar-refractivity contribution in [3.63, 3.8) is 0 Å². The van der Waals surface area contributed by atoms with Crippen LogP contribution in [0.5, 0.6) is 0 Å². The minimum atomic E-state index is -4.64. The van der Waals surface area contributed by atoms with Crippen LogP contribution in [-0.4, -0.2) is 10.2 Å². The van der Waals surface area contributed by atoms with Crippen molar-refractivity contribution < 1.29 is 17.6 Å². The molecule has 2 aromatic carbocycles. The fourth-order valence-electron chi connectivity index (χ4n) is 1.95. The smallest absolute Gasteiger partial charge is 0.413 e. The Hall–Kier alpha value is -2.28. The van der Waals surface area contributed by atoms with Gasteiger partial charge in [0, 0.05) is 10.6 Å². The van der Waals surface area contributed by atoms with Crippen molar-refractivity contribution in [2.45, 2.75) is 16.8 Å². The highest BCUT2D eigenvalue weighted by atomic mass is 32.2. The summed E-state index contributed by atoms with van der Waals surface area (Å²) in [7, 11) is 0. The topological polar surface area (TPSA) is 38.9 Å². The molecule has 7 heteroatoms. The summed E-state index contributed by atoms with van der Waals surface area (Å²) in [6.07, 6.45) is -4.64. The Morgan fingerprint density at radius 2 is 1.61 bits per heavy atom. The zero-order valence-electron chi connectivity index (χ0n) is 11.7. The van der Waals surface area contributed by atoms with Gasteiger partial charge in [-0.2, -0.15) is 13.2 Å². The van der Waals surface area contributed by atoms with Crippen LogP contribution in [0, 0.1) is 0 Å². The third kappa shape index (κ3) is 3.73. The molecule has 3 nitrogen and oxygen atoms in total. The number of alkyl halides is 3. The van der Waals surface area contributed by atoms with Crippen molar-refractivity contribution in [1.82, 2.24) is 10.2 Å².